The Balaban J connectivity index is 1.33. The van der Waals surface area contributed by atoms with Gasteiger partial charge in [0.05, 0.1) is 23.1 Å². The number of anilines is 1. The zero-order valence-corrected chi connectivity index (χ0v) is 23.8. The van der Waals surface area contributed by atoms with E-state index in [1.54, 1.807) is 6.07 Å². The number of aliphatic hydroxyl groups excluding tert-OH is 1. The van der Waals surface area contributed by atoms with Crippen LogP contribution in [0, 0.1) is 5.82 Å². The summed E-state index contributed by atoms with van der Waals surface area (Å²) in [6.07, 6.45) is 4.11. The van der Waals surface area contributed by atoms with Crippen molar-refractivity contribution in [2.24, 2.45) is 0 Å². The molecule has 43 heavy (non-hydrogen) atoms. The van der Waals surface area contributed by atoms with Crippen molar-refractivity contribution >= 4 is 27.5 Å². The number of hydrogen-bond acceptors (Lipinski definition) is 9. The SMILES string of the molecule is OCC1(O)CCCN(c2nc(OC[C@@]34CCCN3C[C@H](F)C4)nc3c(F)c(-c4cc(O)cc5ccccc45)ncc23)CC1. The summed E-state index contributed by atoms with van der Waals surface area (Å²) in [6.45, 7) is 1.96. The van der Waals surface area contributed by atoms with Crippen LogP contribution in [0.4, 0.5) is 14.6 Å². The smallest absolute Gasteiger partial charge is 0.319 e. The number of ether oxygens (including phenoxy) is 1. The first-order valence-electron chi connectivity index (χ1n) is 15.0. The number of phenolic OH excluding ortho intramolecular Hbond substituents is 1. The summed E-state index contributed by atoms with van der Waals surface area (Å²) in [5.41, 5.74) is -1.13. The summed E-state index contributed by atoms with van der Waals surface area (Å²) >= 11 is 0. The summed E-state index contributed by atoms with van der Waals surface area (Å²) < 4.78 is 37.2. The maximum Gasteiger partial charge on any atom is 0.319 e. The van der Waals surface area contributed by atoms with Crippen LogP contribution in [0.2, 0.25) is 0 Å². The number of rotatable bonds is 6. The second kappa shape index (κ2) is 10.8. The number of pyridine rings is 1. The van der Waals surface area contributed by atoms with E-state index in [4.69, 9.17) is 9.72 Å². The number of hydrogen-bond donors (Lipinski definition) is 3. The summed E-state index contributed by atoms with van der Waals surface area (Å²) in [4.78, 5) is 17.9. The van der Waals surface area contributed by atoms with Crippen LogP contribution in [-0.2, 0) is 0 Å². The Labute approximate surface area is 247 Å². The maximum atomic E-state index is 16.6. The third-order valence-electron chi connectivity index (χ3n) is 9.49. The van der Waals surface area contributed by atoms with Crippen molar-refractivity contribution in [2.45, 2.75) is 55.8 Å². The number of nitrogens with zero attached hydrogens (tertiary/aromatic N) is 5. The van der Waals surface area contributed by atoms with Gasteiger partial charge in [-0.15, -0.1) is 0 Å². The number of alkyl halides is 1. The third-order valence-corrected chi connectivity index (χ3v) is 9.49. The minimum Gasteiger partial charge on any atom is -0.508 e. The van der Waals surface area contributed by atoms with E-state index >= 15 is 4.39 Å². The minimum atomic E-state index is -1.19. The minimum absolute atomic E-state index is 0.00793. The quantitative estimate of drug-likeness (QED) is 0.301. The zero-order valence-electron chi connectivity index (χ0n) is 23.8. The van der Waals surface area contributed by atoms with Gasteiger partial charge in [0.15, 0.2) is 5.82 Å². The Morgan fingerprint density at radius 1 is 1.02 bits per heavy atom. The fourth-order valence-corrected chi connectivity index (χ4v) is 7.20. The first-order valence-corrected chi connectivity index (χ1v) is 15.0. The van der Waals surface area contributed by atoms with Gasteiger partial charge in [-0.25, -0.2) is 8.78 Å². The van der Waals surface area contributed by atoms with Crippen molar-refractivity contribution in [1.82, 2.24) is 19.9 Å². The predicted molar refractivity (Wildman–Crippen MR) is 159 cm³/mol. The van der Waals surface area contributed by atoms with E-state index in [0.29, 0.717) is 62.1 Å². The highest BCUT2D eigenvalue weighted by atomic mass is 19.1. The summed E-state index contributed by atoms with van der Waals surface area (Å²) in [7, 11) is 0. The first kappa shape index (κ1) is 28.1. The molecular formula is C32H35F2N5O4. The van der Waals surface area contributed by atoms with E-state index in [1.165, 1.54) is 12.3 Å². The highest BCUT2D eigenvalue weighted by molar-refractivity contribution is 5.99. The van der Waals surface area contributed by atoms with Gasteiger partial charge >= 0.3 is 6.01 Å². The molecule has 7 rings (SSSR count). The van der Waals surface area contributed by atoms with Crippen molar-refractivity contribution in [1.29, 1.82) is 0 Å². The Hall–Kier alpha value is -3.67. The van der Waals surface area contributed by atoms with E-state index in [2.05, 4.69) is 14.9 Å². The number of aliphatic hydroxyl groups is 2. The molecule has 3 aliphatic rings. The number of aromatic nitrogens is 3. The molecule has 0 aliphatic carbocycles. The normalized spacial score (nSPS) is 26.2. The molecule has 2 aromatic carbocycles. The molecule has 0 amide bonds. The van der Waals surface area contributed by atoms with Gasteiger partial charge in [-0.3, -0.25) is 9.88 Å². The highest BCUT2D eigenvalue weighted by Crippen LogP contribution is 2.41. The van der Waals surface area contributed by atoms with Crippen LogP contribution in [0.15, 0.2) is 42.6 Å². The molecule has 9 nitrogen and oxygen atoms in total. The van der Waals surface area contributed by atoms with Gasteiger partial charge < -0.3 is 25.0 Å². The predicted octanol–water partition coefficient (Wildman–Crippen LogP) is 4.36. The average molecular weight is 592 g/mol. The average Bonchev–Trinajstić information content (AvgIpc) is 3.45. The second-order valence-corrected chi connectivity index (χ2v) is 12.3. The van der Waals surface area contributed by atoms with Crippen LogP contribution < -0.4 is 9.64 Å². The van der Waals surface area contributed by atoms with Crippen LogP contribution in [0.3, 0.4) is 0 Å². The van der Waals surface area contributed by atoms with Crippen molar-refractivity contribution in [3.63, 3.8) is 0 Å². The summed E-state index contributed by atoms with van der Waals surface area (Å²) in [6, 6.07) is 10.5. The van der Waals surface area contributed by atoms with Crippen LogP contribution in [-0.4, -0.2) is 91.9 Å². The standard InChI is InChI=1S/C32H35F2N5O4/c33-21-15-31(7-3-11-39(31)17-21)19-43-30-36-28-25(29(37-30)38-10-4-8-32(42,18-40)9-12-38)16-35-27(26(28)34)24-14-22(41)13-20-5-1-2-6-23(20)24/h1-2,5-6,13-14,16,21,40-42H,3-4,7-12,15,17-19H2/t21-,31+,32?/m1/s1. The molecule has 2 aromatic heterocycles. The van der Waals surface area contributed by atoms with Crippen LogP contribution in [0.1, 0.15) is 38.5 Å². The van der Waals surface area contributed by atoms with E-state index in [0.717, 1.165) is 30.2 Å². The van der Waals surface area contributed by atoms with Gasteiger partial charge in [-0.1, -0.05) is 24.3 Å². The molecule has 0 saturated carbocycles. The first-order chi connectivity index (χ1) is 20.8. The summed E-state index contributed by atoms with van der Waals surface area (Å²) in [5.74, 6) is -0.253. The number of phenols is 1. The maximum absolute atomic E-state index is 16.6. The second-order valence-electron chi connectivity index (χ2n) is 12.3. The molecule has 3 fully saturated rings. The topological polar surface area (TPSA) is 115 Å². The van der Waals surface area contributed by atoms with Crippen molar-refractivity contribution in [3.05, 3.63) is 48.4 Å². The number of halogens is 2. The largest absolute Gasteiger partial charge is 0.508 e. The molecule has 5 heterocycles. The van der Waals surface area contributed by atoms with Crippen molar-refractivity contribution in [3.8, 4) is 23.0 Å². The van der Waals surface area contributed by atoms with Gasteiger partial charge in [0, 0.05) is 37.8 Å². The van der Waals surface area contributed by atoms with Gasteiger partial charge in [-0.05, 0) is 61.6 Å². The molecule has 11 heteroatoms. The van der Waals surface area contributed by atoms with Crippen molar-refractivity contribution < 1.29 is 28.8 Å². The highest BCUT2D eigenvalue weighted by Gasteiger charge is 2.49. The van der Waals surface area contributed by atoms with E-state index in [-0.39, 0.29) is 36.2 Å². The van der Waals surface area contributed by atoms with Crippen LogP contribution >= 0.6 is 0 Å². The number of benzene rings is 2. The molecule has 0 bridgehead atoms. The van der Waals surface area contributed by atoms with E-state index < -0.39 is 23.1 Å². The Bertz CT molecular complexity index is 1690. The Morgan fingerprint density at radius 3 is 2.72 bits per heavy atom. The van der Waals surface area contributed by atoms with Crippen LogP contribution in [0.25, 0.3) is 32.9 Å². The number of aromatic hydroxyl groups is 1. The fraction of sp³-hybridized carbons (Fsp3) is 0.469. The van der Waals surface area contributed by atoms with Gasteiger partial charge in [0.25, 0.3) is 0 Å². The van der Waals surface area contributed by atoms with Gasteiger partial charge in [0.2, 0.25) is 0 Å². The lowest BCUT2D eigenvalue weighted by Crippen LogP contribution is -2.43. The summed E-state index contributed by atoms with van der Waals surface area (Å²) in [5, 5.41) is 32.8. The zero-order chi connectivity index (χ0) is 29.8. The molecule has 3 saturated heterocycles. The lowest BCUT2D eigenvalue weighted by molar-refractivity contribution is -0.0232. The monoisotopic (exact) mass is 591 g/mol. The molecule has 3 aliphatic heterocycles. The molecule has 3 N–H and O–H groups in total. The lowest BCUT2D eigenvalue weighted by Gasteiger charge is -2.31. The third kappa shape index (κ3) is 5.03. The molecular weight excluding hydrogens is 556 g/mol. The molecule has 1 unspecified atom stereocenters. The molecule has 0 radical (unpaired) electrons. The van der Waals surface area contributed by atoms with E-state index in [1.807, 2.05) is 29.2 Å². The molecule has 226 valence electrons. The van der Waals surface area contributed by atoms with Crippen LogP contribution in [0.5, 0.6) is 11.8 Å². The Kier molecular flexibility index (Phi) is 7.06. The molecule has 4 aromatic rings. The molecule has 3 atom stereocenters. The number of fused-ring (bicyclic) bond motifs is 3. The van der Waals surface area contributed by atoms with Gasteiger partial charge in [-0.2, -0.15) is 9.97 Å². The lowest BCUT2D eigenvalue weighted by atomic mass is 9.95. The van der Waals surface area contributed by atoms with Crippen molar-refractivity contribution in [2.75, 3.05) is 44.3 Å². The fourth-order valence-electron chi connectivity index (χ4n) is 7.20. The van der Waals surface area contributed by atoms with Gasteiger partial charge in [0.1, 0.15) is 35.6 Å². The Morgan fingerprint density at radius 2 is 1.86 bits per heavy atom. The molecule has 0 spiro atoms. The van der Waals surface area contributed by atoms with E-state index in [9.17, 15) is 19.7 Å².